The zero-order valence-electron chi connectivity index (χ0n) is 14.4. The first-order valence-electron chi connectivity index (χ1n) is 8.29. The third kappa shape index (κ3) is 2.42. The molecule has 0 aliphatic heterocycles. The Morgan fingerprint density at radius 3 is 2.58 bits per heavy atom. The van der Waals surface area contributed by atoms with E-state index >= 15 is 0 Å². The number of benzene rings is 1. The summed E-state index contributed by atoms with van der Waals surface area (Å²) in [5.74, 6) is 1.22. The van der Waals surface area contributed by atoms with Gasteiger partial charge in [-0.25, -0.2) is 0 Å². The van der Waals surface area contributed by atoms with Crippen molar-refractivity contribution in [2.45, 2.75) is 19.8 Å². The number of hydrogen-bond acceptors (Lipinski definition) is 4. The van der Waals surface area contributed by atoms with E-state index in [9.17, 15) is 10.1 Å². The van der Waals surface area contributed by atoms with Crippen LogP contribution in [0.5, 0.6) is 0 Å². The minimum atomic E-state index is -0.247. The molecular weight excluding hydrogens is 328 g/mol. The van der Waals surface area contributed by atoms with E-state index in [0.717, 1.165) is 5.56 Å². The number of aromatic nitrogens is 3. The first-order valence-corrected chi connectivity index (χ1v) is 8.29. The van der Waals surface area contributed by atoms with Crippen molar-refractivity contribution in [2.24, 2.45) is 0 Å². The molecule has 6 nitrogen and oxygen atoms in total. The van der Waals surface area contributed by atoms with E-state index in [-0.39, 0.29) is 11.5 Å². The summed E-state index contributed by atoms with van der Waals surface area (Å²) in [6.07, 6.45) is 1.39. The Hall–Kier alpha value is -3.59. The second kappa shape index (κ2) is 6.05. The maximum absolute atomic E-state index is 12.9. The summed E-state index contributed by atoms with van der Waals surface area (Å²) in [6, 6.07) is 15.5. The zero-order valence-corrected chi connectivity index (χ0v) is 14.4. The van der Waals surface area contributed by atoms with Gasteiger partial charge in [0.25, 0.3) is 5.56 Å². The number of nitrogens with one attached hydrogen (secondary N) is 1. The van der Waals surface area contributed by atoms with Crippen LogP contribution in [0.1, 0.15) is 30.9 Å². The molecule has 4 aromatic rings. The molecule has 0 saturated heterocycles. The van der Waals surface area contributed by atoms with Gasteiger partial charge in [-0.05, 0) is 18.1 Å². The van der Waals surface area contributed by atoms with Gasteiger partial charge in [0.2, 0.25) is 0 Å². The smallest absolute Gasteiger partial charge is 0.278 e. The second-order valence-electron chi connectivity index (χ2n) is 6.33. The molecule has 0 fully saturated rings. The Labute approximate surface area is 149 Å². The largest absolute Gasteiger partial charge is 0.455 e. The van der Waals surface area contributed by atoms with Gasteiger partial charge in [-0.3, -0.25) is 4.79 Å². The van der Waals surface area contributed by atoms with Crippen molar-refractivity contribution in [1.29, 1.82) is 5.26 Å². The van der Waals surface area contributed by atoms with Crippen molar-refractivity contribution in [1.82, 2.24) is 14.6 Å². The molecule has 0 atom stereocenters. The van der Waals surface area contributed by atoms with Gasteiger partial charge in [-0.1, -0.05) is 44.2 Å². The van der Waals surface area contributed by atoms with Gasteiger partial charge in [0.05, 0.1) is 11.9 Å². The Morgan fingerprint density at radius 1 is 1.15 bits per heavy atom. The van der Waals surface area contributed by atoms with Crippen LogP contribution in [0, 0.1) is 11.3 Å². The number of nitriles is 1. The Bertz CT molecular complexity index is 1190. The monoisotopic (exact) mass is 344 g/mol. The lowest BCUT2D eigenvalue weighted by Crippen LogP contribution is -2.22. The fourth-order valence-corrected chi connectivity index (χ4v) is 3.07. The summed E-state index contributed by atoms with van der Waals surface area (Å²) in [4.78, 5) is 16.1. The van der Waals surface area contributed by atoms with Crippen LogP contribution in [-0.4, -0.2) is 14.6 Å². The summed E-state index contributed by atoms with van der Waals surface area (Å²) in [5, 5.41) is 13.3. The van der Waals surface area contributed by atoms with E-state index in [4.69, 9.17) is 4.42 Å². The highest BCUT2D eigenvalue weighted by atomic mass is 16.3. The third-order valence-corrected chi connectivity index (χ3v) is 4.31. The van der Waals surface area contributed by atoms with E-state index in [1.165, 1.54) is 10.7 Å². The highest BCUT2D eigenvalue weighted by molar-refractivity contribution is 5.68. The third-order valence-electron chi connectivity index (χ3n) is 4.31. The molecule has 26 heavy (non-hydrogen) atoms. The normalized spacial score (nSPS) is 11.2. The lowest BCUT2D eigenvalue weighted by Gasteiger charge is -2.11. The molecule has 0 unspecified atom stereocenters. The molecule has 3 heterocycles. The second-order valence-corrected chi connectivity index (χ2v) is 6.33. The van der Waals surface area contributed by atoms with Crippen LogP contribution in [0.4, 0.5) is 0 Å². The van der Waals surface area contributed by atoms with Crippen LogP contribution < -0.4 is 5.56 Å². The molecule has 0 spiro atoms. The lowest BCUT2D eigenvalue weighted by atomic mass is 10.0. The number of nitrogens with zero attached hydrogens (tertiary/aromatic N) is 3. The first kappa shape index (κ1) is 15.9. The van der Waals surface area contributed by atoms with Gasteiger partial charge in [0.15, 0.2) is 11.4 Å². The van der Waals surface area contributed by atoms with Crippen molar-refractivity contribution in [2.75, 3.05) is 0 Å². The SMILES string of the molecule is CC(C)c1c(-c2ccc(-c3ccccc3)o2)[nH]c2c(C#N)cnn2c1=O. The van der Waals surface area contributed by atoms with Gasteiger partial charge >= 0.3 is 0 Å². The van der Waals surface area contributed by atoms with E-state index in [0.29, 0.717) is 34.0 Å². The molecule has 0 amide bonds. The van der Waals surface area contributed by atoms with Crippen molar-refractivity contribution in [3.8, 4) is 28.8 Å². The predicted octanol–water partition coefficient (Wildman–Crippen LogP) is 3.94. The van der Waals surface area contributed by atoms with Crippen LogP contribution in [0.2, 0.25) is 0 Å². The quantitative estimate of drug-likeness (QED) is 0.610. The van der Waals surface area contributed by atoms with Crippen LogP contribution in [-0.2, 0) is 0 Å². The fourth-order valence-electron chi connectivity index (χ4n) is 3.07. The van der Waals surface area contributed by atoms with E-state index in [1.807, 2.05) is 56.3 Å². The summed E-state index contributed by atoms with van der Waals surface area (Å²) in [5.41, 5.74) is 2.54. The zero-order chi connectivity index (χ0) is 18.3. The van der Waals surface area contributed by atoms with E-state index < -0.39 is 0 Å². The van der Waals surface area contributed by atoms with Crippen molar-refractivity contribution in [3.05, 3.63) is 70.1 Å². The van der Waals surface area contributed by atoms with Gasteiger partial charge < -0.3 is 9.40 Å². The van der Waals surface area contributed by atoms with Gasteiger partial charge in [0, 0.05) is 11.1 Å². The lowest BCUT2D eigenvalue weighted by molar-refractivity contribution is 0.592. The summed E-state index contributed by atoms with van der Waals surface area (Å²) in [7, 11) is 0. The molecule has 0 aliphatic rings. The molecule has 4 rings (SSSR count). The van der Waals surface area contributed by atoms with Crippen LogP contribution in [0.3, 0.4) is 0 Å². The topological polar surface area (TPSA) is 87.1 Å². The van der Waals surface area contributed by atoms with Crippen LogP contribution >= 0.6 is 0 Å². The summed E-state index contributed by atoms with van der Waals surface area (Å²) >= 11 is 0. The Kier molecular flexibility index (Phi) is 3.70. The minimum Gasteiger partial charge on any atom is -0.455 e. The van der Waals surface area contributed by atoms with Crippen molar-refractivity contribution >= 4 is 5.65 Å². The van der Waals surface area contributed by atoms with Gasteiger partial charge in [-0.15, -0.1) is 0 Å². The first-order chi connectivity index (χ1) is 12.6. The van der Waals surface area contributed by atoms with Gasteiger partial charge in [0.1, 0.15) is 17.4 Å². The molecule has 6 heteroatoms. The van der Waals surface area contributed by atoms with Crippen molar-refractivity contribution < 1.29 is 4.42 Å². The number of furan rings is 1. The predicted molar refractivity (Wildman–Crippen MR) is 97.8 cm³/mol. The number of hydrogen-bond donors (Lipinski definition) is 1. The minimum absolute atomic E-state index is 0.0434. The van der Waals surface area contributed by atoms with Crippen molar-refractivity contribution in [3.63, 3.8) is 0 Å². The molecular formula is C20H16N4O2. The fraction of sp³-hybridized carbons (Fsp3) is 0.150. The molecule has 0 bridgehead atoms. The Morgan fingerprint density at radius 2 is 1.88 bits per heavy atom. The highest BCUT2D eigenvalue weighted by Gasteiger charge is 2.21. The number of H-pyrrole nitrogens is 1. The molecule has 128 valence electrons. The number of rotatable bonds is 3. The molecule has 3 aromatic heterocycles. The Balaban J connectivity index is 1.96. The van der Waals surface area contributed by atoms with E-state index in [2.05, 4.69) is 16.2 Å². The average molecular weight is 344 g/mol. The molecule has 0 aliphatic carbocycles. The van der Waals surface area contributed by atoms with Crippen LogP contribution in [0.25, 0.3) is 28.4 Å². The molecule has 1 N–H and O–H groups in total. The molecule has 0 saturated carbocycles. The van der Waals surface area contributed by atoms with Crippen LogP contribution in [0.15, 0.2) is 57.9 Å². The molecule has 0 radical (unpaired) electrons. The number of fused-ring (bicyclic) bond motifs is 1. The summed E-state index contributed by atoms with van der Waals surface area (Å²) < 4.78 is 7.25. The highest BCUT2D eigenvalue weighted by Crippen LogP contribution is 2.31. The summed E-state index contributed by atoms with van der Waals surface area (Å²) in [6.45, 7) is 3.88. The van der Waals surface area contributed by atoms with E-state index in [1.54, 1.807) is 0 Å². The molecule has 1 aromatic carbocycles. The number of aromatic amines is 1. The maximum Gasteiger partial charge on any atom is 0.278 e. The maximum atomic E-state index is 12.9. The average Bonchev–Trinajstić information content (AvgIpc) is 3.29. The standard InChI is InChI=1S/C20H16N4O2/c1-12(2)17-18(23-19-14(10-21)11-22-24(19)20(17)25)16-9-8-15(26-16)13-6-4-3-5-7-13/h3-9,11-12,23H,1-2H3. The van der Waals surface area contributed by atoms with Gasteiger partial charge in [-0.2, -0.15) is 14.9 Å².